The molecule has 2 aliphatic rings. The fraction of sp³-hybridized carbons (Fsp3) is 0.923. The molecule has 0 aromatic heterocycles. The molecule has 17 heavy (non-hydrogen) atoms. The number of carbonyl (C=O) groups is 1. The maximum Gasteiger partial charge on any atom is 0.237 e. The molecule has 4 heteroatoms. The minimum absolute atomic E-state index is 0.0420. The van der Waals surface area contributed by atoms with Crippen molar-refractivity contribution in [2.24, 2.45) is 5.92 Å². The topological polar surface area (TPSA) is 61.4 Å². The van der Waals surface area contributed by atoms with Gasteiger partial charge < -0.3 is 15.7 Å². The number of nitrogens with one attached hydrogen (secondary N) is 2. The molecule has 1 amide bonds. The molecule has 1 aliphatic carbocycles. The first-order valence-corrected chi connectivity index (χ1v) is 6.82. The lowest BCUT2D eigenvalue weighted by atomic mass is 9.79. The number of hydrogen-bond donors (Lipinski definition) is 3. The summed E-state index contributed by atoms with van der Waals surface area (Å²) in [4.78, 5) is 11.8. The second-order valence-corrected chi connectivity index (χ2v) is 5.79. The van der Waals surface area contributed by atoms with Crippen molar-refractivity contribution in [3.63, 3.8) is 0 Å². The summed E-state index contributed by atoms with van der Waals surface area (Å²) in [6, 6.07) is -0.0420. The Morgan fingerprint density at radius 2 is 2.29 bits per heavy atom. The third kappa shape index (κ3) is 3.42. The minimum Gasteiger partial charge on any atom is -0.388 e. The molecule has 2 rings (SSSR count). The van der Waals surface area contributed by atoms with Gasteiger partial charge in [-0.15, -0.1) is 0 Å². The zero-order valence-corrected chi connectivity index (χ0v) is 10.7. The van der Waals surface area contributed by atoms with Gasteiger partial charge in [0.1, 0.15) is 0 Å². The van der Waals surface area contributed by atoms with Crippen LogP contribution in [-0.4, -0.2) is 35.7 Å². The van der Waals surface area contributed by atoms with E-state index in [0.29, 0.717) is 12.5 Å². The summed E-state index contributed by atoms with van der Waals surface area (Å²) in [6.07, 6.45) is 5.87. The zero-order chi connectivity index (χ0) is 12.3. The number of hydrogen-bond acceptors (Lipinski definition) is 3. The van der Waals surface area contributed by atoms with Crippen LogP contribution >= 0.6 is 0 Å². The van der Waals surface area contributed by atoms with Crippen LogP contribution in [0.25, 0.3) is 0 Å². The van der Waals surface area contributed by atoms with Crippen LogP contribution in [0.4, 0.5) is 0 Å². The maximum atomic E-state index is 11.8. The first kappa shape index (κ1) is 12.8. The average molecular weight is 240 g/mol. The van der Waals surface area contributed by atoms with E-state index in [-0.39, 0.29) is 11.9 Å². The van der Waals surface area contributed by atoms with Crippen LogP contribution in [0.3, 0.4) is 0 Å². The van der Waals surface area contributed by atoms with Crippen molar-refractivity contribution in [1.29, 1.82) is 0 Å². The molecule has 3 N–H and O–H groups in total. The summed E-state index contributed by atoms with van der Waals surface area (Å²) in [7, 11) is 0. The van der Waals surface area contributed by atoms with E-state index in [2.05, 4.69) is 17.6 Å². The lowest BCUT2D eigenvalue weighted by Gasteiger charge is -2.35. The van der Waals surface area contributed by atoms with Crippen LogP contribution in [0, 0.1) is 5.92 Å². The largest absolute Gasteiger partial charge is 0.388 e. The standard InChI is InChI=1S/C13H24N2O2/c1-10-4-2-6-13(17,8-10)9-15-12(16)11-5-3-7-14-11/h10-11,14,17H,2-9H2,1H3,(H,15,16). The van der Waals surface area contributed by atoms with Crippen molar-refractivity contribution >= 4 is 5.91 Å². The van der Waals surface area contributed by atoms with Crippen LogP contribution in [-0.2, 0) is 4.79 Å². The molecule has 0 aromatic carbocycles. The molecule has 2 fully saturated rings. The van der Waals surface area contributed by atoms with E-state index in [1.807, 2.05) is 0 Å². The Bertz CT molecular complexity index is 277. The molecule has 98 valence electrons. The van der Waals surface area contributed by atoms with E-state index in [4.69, 9.17) is 0 Å². The van der Waals surface area contributed by atoms with E-state index in [0.717, 1.165) is 38.6 Å². The number of amides is 1. The fourth-order valence-corrected chi connectivity index (χ4v) is 3.08. The second kappa shape index (κ2) is 5.36. The van der Waals surface area contributed by atoms with Crippen molar-refractivity contribution in [3.05, 3.63) is 0 Å². The highest BCUT2D eigenvalue weighted by Gasteiger charge is 2.33. The van der Waals surface area contributed by atoms with Crippen LogP contribution in [0.15, 0.2) is 0 Å². The molecular weight excluding hydrogens is 216 g/mol. The molecule has 1 aliphatic heterocycles. The molecule has 3 unspecified atom stereocenters. The lowest BCUT2D eigenvalue weighted by Crippen LogP contribution is -2.49. The van der Waals surface area contributed by atoms with Crippen molar-refractivity contribution in [2.75, 3.05) is 13.1 Å². The molecular formula is C13H24N2O2. The molecule has 0 aromatic rings. The lowest BCUT2D eigenvalue weighted by molar-refractivity contribution is -0.124. The second-order valence-electron chi connectivity index (χ2n) is 5.79. The normalized spacial score (nSPS) is 38.0. The first-order chi connectivity index (χ1) is 8.09. The zero-order valence-electron chi connectivity index (χ0n) is 10.7. The Morgan fingerprint density at radius 1 is 1.47 bits per heavy atom. The van der Waals surface area contributed by atoms with Crippen molar-refractivity contribution < 1.29 is 9.90 Å². The highest BCUT2D eigenvalue weighted by atomic mass is 16.3. The van der Waals surface area contributed by atoms with Crippen LogP contribution in [0.5, 0.6) is 0 Å². The summed E-state index contributed by atoms with van der Waals surface area (Å²) in [5, 5.41) is 16.5. The van der Waals surface area contributed by atoms with Gasteiger partial charge >= 0.3 is 0 Å². The van der Waals surface area contributed by atoms with Gasteiger partial charge in [-0.1, -0.05) is 19.8 Å². The number of carbonyl (C=O) groups excluding carboxylic acids is 1. The third-order valence-electron chi connectivity index (χ3n) is 4.04. The quantitative estimate of drug-likeness (QED) is 0.683. The Hall–Kier alpha value is -0.610. The first-order valence-electron chi connectivity index (χ1n) is 6.82. The Balaban J connectivity index is 1.78. The summed E-state index contributed by atoms with van der Waals surface area (Å²) in [5.41, 5.74) is -0.675. The van der Waals surface area contributed by atoms with Crippen molar-refractivity contribution in [2.45, 2.75) is 57.1 Å². The van der Waals surface area contributed by atoms with Gasteiger partial charge in [0.2, 0.25) is 5.91 Å². The fourth-order valence-electron chi connectivity index (χ4n) is 3.08. The maximum absolute atomic E-state index is 11.8. The summed E-state index contributed by atoms with van der Waals surface area (Å²) < 4.78 is 0. The predicted octanol–water partition coefficient (Wildman–Crippen LogP) is 0.796. The molecule has 0 radical (unpaired) electrons. The van der Waals surface area contributed by atoms with E-state index in [1.54, 1.807) is 0 Å². The van der Waals surface area contributed by atoms with Crippen LogP contribution in [0.2, 0.25) is 0 Å². The van der Waals surface area contributed by atoms with Gasteiger partial charge in [0, 0.05) is 6.54 Å². The van der Waals surface area contributed by atoms with Gasteiger partial charge in [-0.3, -0.25) is 4.79 Å². The third-order valence-corrected chi connectivity index (χ3v) is 4.04. The molecule has 3 atom stereocenters. The van der Waals surface area contributed by atoms with E-state index in [1.165, 1.54) is 6.42 Å². The van der Waals surface area contributed by atoms with Crippen molar-refractivity contribution in [3.8, 4) is 0 Å². The Labute approximate surface area is 103 Å². The minimum atomic E-state index is -0.675. The van der Waals surface area contributed by atoms with Gasteiger partial charge in [0.15, 0.2) is 0 Å². The van der Waals surface area contributed by atoms with E-state index < -0.39 is 5.60 Å². The Kier molecular flexibility index (Phi) is 4.05. The average Bonchev–Trinajstić information content (AvgIpc) is 2.79. The SMILES string of the molecule is CC1CCCC(O)(CNC(=O)C2CCCN2)C1. The highest BCUT2D eigenvalue weighted by molar-refractivity contribution is 5.82. The predicted molar refractivity (Wildman–Crippen MR) is 66.6 cm³/mol. The van der Waals surface area contributed by atoms with Crippen molar-refractivity contribution in [1.82, 2.24) is 10.6 Å². The highest BCUT2D eigenvalue weighted by Crippen LogP contribution is 2.31. The van der Waals surface area contributed by atoms with Crippen LogP contribution < -0.4 is 10.6 Å². The molecule has 0 bridgehead atoms. The van der Waals surface area contributed by atoms with Crippen LogP contribution in [0.1, 0.15) is 45.4 Å². The van der Waals surface area contributed by atoms with Gasteiger partial charge in [-0.05, 0) is 38.1 Å². The monoisotopic (exact) mass is 240 g/mol. The molecule has 1 saturated heterocycles. The molecule has 0 spiro atoms. The van der Waals surface area contributed by atoms with E-state index in [9.17, 15) is 9.90 Å². The smallest absolute Gasteiger partial charge is 0.237 e. The summed E-state index contributed by atoms with van der Waals surface area (Å²) >= 11 is 0. The number of rotatable bonds is 3. The molecule has 1 saturated carbocycles. The Morgan fingerprint density at radius 3 is 2.94 bits per heavy atom. The van der Waals surface area contributed by atoms with Gasteiger partial charge in [-0.2, -0.15) is 0 Å². The summed E-state index contributed by atoms with van der Waals surface area (Å²) in [5.74, 6) is 0.615. The molecule has 1 heterocycles. The van der Waals surface area contributed by atoms with E-state index >= 15 is 0 Å². The van der Waals surface area contributed by atoms with Gasteiger partial charge in [-0.25, -0.2) is 0 Å². The van der Waals surface area contributed by atoms with Gasteiger partial charge in [0.25, 0.3) is 0 Å². The number of aliphatic hydroxyl groups is 1. The van der Waals surface area contributed by atoms with Gasteiger partial charge in [0.05, 0.1) is 11.6 Å². The summed E-state index contributed by atoms with van der Waals surface area (Å²) in [6.45, 7) is 3.51. The molecule has 4 nitrogen and oxygen atoms in total.